The Morgan fingerprint density at radius 2 is 1.73 bits per heavy atom. The van der Waals surface area contributed by atoms with Gasteiger partial charge in [-0.25, -0.2) is 13.6 Å². The van der Waals surface area contributed by atoms with Gasteiger partial charge in [0.25, 0.3) is 0 Å². The number of ketones is 1. The molecule has 1 atom stereocenters. The highest BCUT2D eigenvalue weighted by Crippen LogP contribution is 2.29. The standard InChI is InChI=1S/C17H13F2NO6/c1-9(16(21)10-3-5-12(18)13(19)7-10)26-15-6-4-11(17(22)25-2)8-14(15)20(23)24/h3-9H,1-2H3/t9-/m1/s1. The van der Waals surface area contributed by atoms with Gasteiger partial charge in [0.05, 0.1) is 17.6 Å². The second-order valence-corrected chi connectivity index (χ2v) is 5.18. The van der Waals surface area contributed by atoms with Crippen molar-refractivity contribution < 1.29 is 32.8 Å². The van der Waals surface area contributed by atoms with E-state index in [1.807, 2.05) is 0 Å². The molecule has 2 aromatic rings. The normalized spacial score (nSPS) is 11.5. The summed E-state index contributed by atoms with van der Waals surface area (Å²) in [6.45, 7) is 1.31. The molecule has 0 fully saturated rings. The van der Waals surface area contributed by atoms with Crippen LogP contribution in [0.5, 0.6) is 5.75 Å². The molecule has 0 spiro atoms. The van der Waals surface area contributed by atoms with Gasteiger partial charge in [-0.2, -0.15) is 0 Å². The number of carbonyl (C=O) groups excluding carboxylic acids is 2. The van der Waals surface area contributed by atoms with Crippen molar-refractivity contribution in [3.8, 4) is 5.75 Å². The molecule has 0 radical (unpaired) electrons. The summed E-state index contributed by atoms with van der Waals surface area (Å²) in [7, 11) is 1.13. The van der Waals surface area contributed by atoms with Gasteiger partial charge in [-0.05, 0) is 37.3 Å². The number of nitrogens with zero attached hydrogens (tertiary/aromatic N) is 1. The van der Waals surface area contributed by atoms with Crippen molar-refractivity contribution in [1.82, 2.24) is 0 Å². The number of ether oxygens (including phenoxy) is 2. The van der Waals surface area contributed by atoms with Gasteiger partial charge in [0, 0.05) is 11.6 Å². The Balaban J connectivity index is 2.28. The van der Waals surface area contributed by atoms with E-state index in [0.29, 0.717) is 6.07 Å². The van der Waals surface area contributed by atoms with E-state index >= 15 is 0 Å². The maximum atomic E-state index is 13.3. The molecule has 7 nitrogen and oxygen atoms in total. The summed E-state index contributed by atoms with van der Waals surface area (Å²) in [4.78, 5) is 34.1. The number of nitro groups is 1. The topological polar surface area (TPSA) is 95.7 Å². The minimum Gasteiger partial charge on any atom is -0.475 e. The van der Waals surface area contributed by atoms with Crippen molar-refractivity contribution in [1.29, 1.82) is 0 Å². The number of esters is 1. The van der Waals surface area contributed by atoms with E-state index in [1.54, 1.807) is 0 Å². The Bertz CT molecular complexity index is 884. The summed E-state index contributed by atoms with van der Waals surface area (Å²) in [6.07, 6.45) is -1.22. The number of Topliss-reactive ketones (excluding diaryl/α,β-unsaturated/α-hetero) is 1. The monoisotopic (exact) mass is 365 g/mol. The molecular weight excluding hydrogens is 352 g/mol. The van der Waals surface area contributed by atoms with Gasteiger partial charge in [0.1, 0.15) is 0 Å². The lowest BCUT2D eigenvalue weighted by atomic mass is 10.1. The molecule has 0 saturated carbocycles. The van der Waals surface area contributed by atoms with Gasteiger partial charge in [-0.15, -0.1) is 0 Å². The van der Waals surface area contributed by atoms with Crippen LogP contribution in [0.2, 0.25) is 0 Å². The molecule has 0 amide bonds. The molecule has 0 unspecified atom stereocenters. The molecule has 0 bridgehead atoms. The van der Waals surface area contributed by atoms with E-state index in [4.69, 9.17) is 4.74 Å². The fourth-order valence-electron chi connectivity index (χ4n) is 2.13. The third kappa shape index (κ3) is 4.00. The van der Waals surface area contributed by atoms with E-state index in [1.165, 1.54) is 13.0 Å². The van der Waals surface area contributed by atoms with Crippen LogP contribution in [0.25, 0.3) is 0 Å². The summed E-state index contributed by atoms with van der Waals surface area (Å²) in [6, 6.07) is 5.93. The lowest BCUT2D eigenvalue weighted by Crippen LogP contribution is -2.24. The highest BCUT2D eigenvalue weighted by atomic mass is 19.2. The predicted octanol–water partition coefficient (Wildman–Crippen LogP) is 3.31. The number of hydrogen-bond donors (Lipinski definition) is 0. The van der Waals surface area contributed by atoms with Gasteiger partial charge in [0.15, 0.2) is 23.5 Å². The molecule has 0 aliphatic rings. The fourth-order valence-corrected chi connectivity index (χ4v) is 2.13. The maximum absolute atomic E-state index is 13.3. The Morgan fingerprint density at radius 1 is 1.08 bits per heavy atom. The number of carbonyl (C=O) groups is 2. The first-order chi connectivity index (χ1) is 12.2. The number of rotatable bonds is 6. The maximum Gasteiger partial charge on any atom is 0.338 e. The van der Waals surface area contributed by atoms with Crippen molar-refractivity contribution in [3.05, 3.63) is 69.3 Å². The van der Waals surface area contributed by atoms with Gasteiger partial charge in [-0.1, -0.05) is 0 Å². The SMILES string of the molecule is COC(=O)c1ccc(O[C@H](C)C(=O)c2ccc(F)c(F)c2)c([N+](=O)[O-])c1. The zero-order valence-electron chi connectivity index (χ0n) is 13.7. The summed E-state index contributed by atoms with van der Waals surface area (Å²) in [5.41, 5.74) is -0.755. The van der Waals surface area contributed by atoms with E-state index in [9.17, 15) is 28.5 Å². The molecule has 136 valence electrons. The van der Waals surface area contributed by atoms with Gasteiger partial charge in [-0.3, -0.25) is 14.9 Å². The molecule has 0 aromatic heterocycles. The van der Waals surface area contributed by atoms with Crippen LogP contribution >= 0.6 is 0 Å². The van der Waals surface area contributed by atoms with Crippen LogP contribution in [0.15, 0.2) is 36.4 Å². The first kappa shape index (κ1) is 19.0. The number of benzene rings is 2. The Morgan fingerprint density at radius 3 is 2.31 bits per heavy atom. The molecule has 2 rings (SSSR count). The van der Waals surface area contributed by atoms with Crippen molar-refractivity contribution in [2.75, 3.05) is 7.11 Å². The van der Waals surface area contributed by atoms with Crippen LogP contribution in [0.3, 0.4) is 0 Å². The molecule has 0 aliphatic heterocycles. The third-order valence-electron chi connectivity index (χ3n) is 3.45. The second kappa shape index (κ2) is 7.68. The number of methoxy groups -OCH3 is 1. The van der Waals surface area contributed by atoms with E-state index in [-0.39, 0.29) is 16.9 Å². The number of halogens is 2. The van der Waals surface area contributed by atoms with E-state index < -0.39 is 40.1 Å². The highest BCUT2D eigenvalue weighted by Gasteiger charge is 2.24. The Kier molecular flexibility index (Phi) is 5.61. The minimum absolute atomic E-state index is 0.0638. The highest BCUT2D eigenvalue weighted by molar-refractivity contribution is 5.99. The van der Waals surface area contributed by atoms with Crippen LogP contribution in [-0.2, 0) is 4.74 Å². The summed E-state index contributed by atoms with van der Waals surface area (Å²) in [5, 5.41) is 11.2. The Labute approximate surface area is 146 Å². The van der Waals surface area contributed by atoms with Crippen molar-refractivity contribution in [2.24, 2.45) is 0 Å². The van der Waals surface area contributed by atoms with Gasteiger partial charge >= 0.3 is 11.7 Å². The van der Waals surface area contributed by atoms with Gasteiger partial charge in [0.2, 0.25) is 5.78 Å². The zero-order valence-corrected chi connectivity index (χ0v) is 13.7. The molecule has 0 N–H and O–H groups in total. The summed E-state index contributed by atoms with van der Waals surface area (Å²) in [5.74, 6) is -4.03. The summed E-state index contributed by atoms with van der Waals surface area (Å²) < 4.78 is 36.0. The van der Waals surface area contributed by atoms with E-state index in [2.05, 4.69) is 4.74 Å². The minimum atomic E-state index is -1.22. The molecule has 9 heteroatoms. The van der Waals surface area contributed by atoms with Crippen LogP contribution in [0.1, 0.15) is 27.6 Å². The smallest absolute Gasteiger partial charge is 0.338 e. The number of nitro benzene ring substituents is 1. The third-order valence-corrected chi connectivity index (χ3v) is 3.45. The molecule has 0 heterocycles. The summed E-state index contributed by atoms with van der Waals surface area (Å²) >= 11 is 0. The predicted molar refractivity (Wildman–Crippen MR) is 85.2 cm³/mol. The molecular formula is C17H13F2NO6. The largest absolute Gasteiger partial charge is 0.475 e. The van der Waals surface area contributed by atoms with Gasteiger partial charge < -0.3 is 9.47 Å². The Hall–Kier alpha value is -3.36. The van der Waals surface area contributed by atoms with Crippen molar-refractivity contribution >= 4 is 17.4 Å². The van der Waals surface area contributed by atoms with Crippen LogP contribution in [0, 0.1) is 21.7 Å². The quantitative estimate of drug-likeness (QED) is 0.337. The second-order valence-electron chi connectivity index (χ2n) is 5.18. The molecule has 2 aromatic carbocycles. The van der Waals surface area contributed by atoms with Crippen molar-refractivity contribution in [3.63, 3.8) is 0 Å². The lowest BCUT2D eigenvalue weighted by Gasteiger charge is -2.14. The van der Waals surface area contributed by atoms with Crippen LogP contribution in [-0.4, -0.2) is 29.9 Å². The average Bonchev–Trinajstić information content (AvgIpc) is 2.62. The molecule has 0 aliphatic carbocycles. The van der Waals surface area contributed by atoms with Crippen LogP contribution < -0.4 is 4.74 Å². The number of hydrogen-bond acceptors (Lipinski definition) is 6. The fraction of sp³-hybridized carbons (Fsp3) is 0.176. The van der Waals surface area contributed by atoms with Crippen LogP contribution in [0.4, 0.5) is 14.5 Å². The first-order valence-corrected chi connectivity index (χ1v) is 7.27. The first-order valence-electron chi connectivity index (χ1n) is 7.27. The molecule has 0 saturated heterocycles. The average molecular weight is 365 g/mol. The lowest BCUT2D eigenvalue weighted by molar-refractivity contribution is -0.386. The van der Waals surface area contributed by atoms with E-state index in [0.717, 1.165) is 31.4 Å². The molecule has 26 heavy (non-hydrogen) atoms. The van der Waals surface area contributed by atoms with Crippen molar-refractivity contribution in [2.45, 2.75) is 13.0 Å². The zero-order chi connectivity index (χ0) is 19.4.